The van der Waals surface area contributed by atoms with E-state index in [0.29, 0.717) is 6.61 Å². The van der Waals surface area contributed by atoms with Crippen molar-refractivity contribution < 1.29 is 4.74 Å². The zero-order valence-corrected chi connectivity index (χ0v) is 10.3. The largest absolute Gasteiger partial charge is 0.486 e. The molecule has 0 aliphatic rings. The summed E-state index contributed by atoms with van der Waals surface area (Å²) in [5.41, 5.74) is 0. The van der Waals surface area contributed by atoms with Crippen LogP contribution in [0.1, 0.15) is 22.3 Å². The van der Waals surface area contributed by atoms with Gasteiger partial charge in [-0.2, -0.15) is 0 Å². The van der Waals surface area contributed by atoms with Gasteiger partial charge in [0, 0.05) is 0 Å². The highest BCUT2D eigenvalue weighted by atomic mass is 35.5. The molecule has 5 heteroatoms. The van der Waals surface area contributed by atoms with Crippen molar-refractivity contribution in [2.24, 2.45) is 0 Å². The summed E-state index contributed by atoms with van der Waals surface area (Å²) in [6, 6.07) is 9.63. The highest BCUT2D eigenvalue weighted by Gasteiger charge is 2.09. The van der Waals surface area contributed by atoms with Gasteiger partial charge in [0.2, 0.25) is 0 Å². The highest BCUT2D eigenvalue weighted by molar-refractivity contribution is 7.11. The van der Waals surface area contributed by atoms with Crippen LogP contribution in [0.4, 0.5) is 0 Å². The molecule has 0 saturated heterocycles. The van der Waals surface area contributed by atoms with E-state index in [1.807, 2.05) is 37.3 Å². The minimum atomic E-state index is -0.0945. The second-order valence-corrected chi connectivity index (χ2v) is 5.00. The summed E-state index contributed by atoms with van der Waals surface area (Å²) in [6.07, 6.45) is 0. The van der Waals surface area contributed by atoms with Gasteiger partial charge in [-0.3, -0.25) is 0 Å². The molecule has 1 aromatic heterocycles. The summed E-state index contributed by atoms with van der Waals surface area (Å²) in [6.45, 7) is 2.31. The predicted molar refractivity (Wildman–Crippen MR) is 65.0 cm³/mol. The number of alkyl halides is 1. The molecule has 0 aliphatic heterocycles. The lowest BCUT2D eigenvalue weighted by molar-refractivity contribution is 0.304. The summed E-state index contributed by atoms with van der Waals surface area (Å²) in [5.74, 6) is 0.832. The van der Waals surface area contributed by atoms with Crippen molar-refractivity contribution in [3.8, 4) is 5.75 Å². The van der Waals surface area contributed by atoms with E-state index in [4.69, 9.17) is 16.3 Å². The molecule has 3 nitrogen and oxygen atoms in total. The minimum Gasteiger partial charge on any atom is -0.486 e. The van der Waals surface area contributed by atoms with Crippen LogP contribution in [0.2, 0.25) is 0 Å². The van der Waals surface area contributed by atoms with E-state index in [1.165, 1.54) is 11.3 Å². The molecule has 16 heavy (non-hydrogen) atoms. The first-order chi connectivity index (χ1) is 7.75. The monoisotopic (exact) mass is 254 g/mol. The standard InChI is InChI=1S/C11H11ClN2OS/c1-8(12)11-14-13-10(16-11)7-15-9-5-3-2-4-6-9/h2-6,8H,7H2,1H3. The molecule has 0 aliphatic carbocycles. The average Bonchev–Trinajstić information content (AvgIpc) is 2.76. The summed E-state index contributed by atoms with van der Waals surface area (Å²) in [7, 11) is 0. The molecule has 1 unspecified atom stereocenters. The molecular formula is C11H11ClN2OS. The van der Waals surface area contributed by atoms with Gasteiger partial charge in [-0.05, 0) is 19.1 Å². The molecule has 1 heterocycles. The van der Waals surface area contributed by atoms with E-state index >= 15 is 0 Å². The Morgan fingerprint density at radius 3 is 2.69 bits per heavy atom. The number of para-hydroxylation sites is 1. The Morgan fingerprint density at radius 2 is 2.06 bits per heavy atom. The van der Waals surface area contributed by atoms with Crippen molar-refractivity contribution in [1.29, 1.82) is 0 Å². The molecule has 2 rings (SSSR count). The average molecular weight is 255 g/mol. The second kappa shape index (κ2) is 5.27. The SMILES string of the molecule is CC(Cl)c1nnc(COc2ccccc2)s1. The number of rotatable bonds is 4. The normalized spacial score (nSPS) is 12.4. The number of aromatic nitrogens is 2. The summed E-state index contributed by atoms with van der Waals surface area (Å²) >= 11 is 7.38. The number of hydrogen-bond donors (Lipinski definition) is 0. The van der Waals surface area contributed by atoms with Gasteiger partial charge in [0.05, 0.1) is 5.38 Å². The quantitative estimate of drug-likeness (QED) is 0.785. The minimum absolute atomic E-state index is 0.0945. The predicted octanol–water partition coefficient (Wildman–Crippen LogP) is 3.42. The van der Waals surface area contributed by atoms with Gasteiger partial charge in [0.15, 0.2) is 5.01 Å². The Kier molecular flexibility index (Phi) is 3.74. The van der Waals surface area contributed by atoms with Crippen LogP contribution in [-0.2, 0) is 6.61 Å². The van der Waals surface area contributed by atoms with Gasteiger partial charge in [-0.15, -0.1) is 21.8 Å². The van der Waals surface area contributed by atoms with Crippen LogP contribution in [0.5, 0.6) is 5.75 Å². The van der Waals surface area contributed by atoms with Gasteiger partial charge in [0.25, 0.3) is 0 Å². The number of nitrogens with zero attached hydrogens (tertiary/aromatic N) is 2. The van der Waals surface area contributed by atoms with Crippen molar-refractivity contribution in [1.82, 2.24) is 10.2 Å². The van der Waals surface area contributed by atoms with E-state index in [-0.39, 0.29) is 5.38 Å². The maximum absolute atomic E-state index is 5.90. The zero-order valence-electron chi connectivity index (χ0n) is 8.76. The van der Waals surface area contributed by atoms with Crippen LogP contribution in [0.25, 0.3) is 0 Å². The van der Waals surface area contributed by atoms with Gasteiger partial charge in [0.1, 0.15) is 17.4 Å². The first-order valence-corrected chi connectivity index (χ1v) is 6.15. The molecule has 0 saturated carbocycles. The maximum Gasteiger partial charge on any atom is 0.155 e. The van der Waals surface area contributed by atoms with Crippen LogP contribution in [0, 0.1) is 0 Å². The highest BCUT2D eigenvalue weighted by Crippen LogP contribution is 2.23. The van der Waals surface area contributed by atoms with Crippen molar-refractivity contribution in [2.45, 2.75) is 18.9 Å². The van der Waals surface area contributed by atoms with Crippen molar-refractivity contribution in [3.05, 3.63) is 40.3 Å². The molecular weight excluding hydrogens is 244 g/mol. The molecule has 84 valence electrons. The van der Waals surface area contributed by atoms with Gasteiger partial charge < -0.3 is 4.74 Å². The first-order valence-electron chi connectivity index (χ1n) is 4.90. The Hall–Kier alpha value is -1.13. The van der Waals surface area contributed by atoms with E-state index in [1.54, 1.807) is 0 Å². The van der Waals surface area contributed by atoms with Crippen LogP contribution >= 0.6 is 22.9 Å². The van der Waals surface area contributed by atoms with Crippen LogP contribution in [0.15, 0.2) is 30.3 Å². The number of hydrogen-bond acceptors (Lipinski definition) is 4. The summed E-state index contributed by atoms with van der Waals surface area (Å²) < 4.78 is 5.55. The summed E-state index contributed by atoms with van der Waals surface area (Å²) in [4.78, 5) is 0. The zero-order chi connectivity index (χ0) is 11.4. The van der Waals surface area contributed by atoms with Crippen LogP contribution in [-0.4, -0.2) is 10.2 Å². The molecule has 0 N–H and O–H groups in total. The van der Waals surface area contributed by atoms with Gasteiger partial charge >= 0.3 is 0 Å². The lowest BCUT2D eigenvalue weighted by Gasteiger charge is -2.01. The van der Waals surface area contributed by atoms with Crippen LogP contribution in [0.3, 0.4) is 0 Å². The fourth-order valence-corrected chi connectivity index (χ4v) is 2.01. The summed E-state index contributed by atoms with van der Waals surface area (Å²) in [5, 5.41) is 9.57. The van der Waals surface area contributed by atoms with Crippen molar-refractivity contribution in [3.63, 3.8) is 0 Å². The molecule has 0 spiro atoms. The van der Waals surface area contributed by atoms with Gasteiger partial charge in [-0.1, -0.05) is 29.5 Å². The molecule has 1 aromatic carbocycles. The lowest BCUT2D eigenvalue weighted by atomic mass is 10.3. The smallest absolute Gasteiger partial charge is 0.155 e. The van der Waals surface area contributed by atoms with Crippen LogP contribution < -0.4 is 4.74 Å². The van der Waals surface area contributed by atoms with Crippen molar-refractivity contribution in [2.75, 3.05) is 0 Å². The number of ether oxygens (including phenoxy) is 1. The topological polar surface area (TPSA) is 35.0 Å². The van der Waals surface area contributed by atoms with Crippen molar-refractivity contribution >= 4 is 22.9 Å². The molecule has 0 amide bonds. The molecule has 2 aromatic rings. The molecule has 0 radical (unpaired) electrons. The Morgan fingerprint density at radius 1 is 1.31 bits per heavy atom. The molecule has 1 atom stereocenters. The third kappa shape index (κ3) is 2.93. The molecule has 0 fully saturated rings. The van der Waals surface area contributed by atoms with E-state index in [2.05, 4.69) is 10.2 Å². The lowest BCUT2D eigenvalue weighted by Crippen LogP contribution is -1.94. The first kappa shape index (κ1) is 11.4. The second-order valence-electron chi connectivity index (χ2n) is 3.25. The fraction of sp³-hybridized carbons (Fsp3) is 0.273. The molecule has 0 bridgehead atoms. The third-order valence-corrected chi connectivity index (χ3v) is 3.34. The van der Waals surface area contributed by atoms with E-state index < -0.39 is 0 Å². The maximum atomic E-state index is 5.90. The van der Waals surface area contributed by atoms with E-state index in [0.717, 1.165) is 15.8 Å². The van der Waals surface area contributed by atoms with E-state index in [9.17, 15) is 0 Å². The number of benzene rings is 1. The third-order valence-electron chi connectivity index (χ3n) is 1.93. The number of halogens is 1. The Bertz CT molecular complexity index is 444. The van der Waals surface area contributed by atoms with Gasteiger partial charge in [-0.25, -0.2) is 0 Å². The Labute approximate surface area is 103 Å². The Balaban J connectivity index is 1.95. The fourth-order valence-electron chi connectivity index (χ4n) is 1.15.